The van der Waals surface area contributed by atoms with E-state index >= 15 is 0 Å². The number of nitrogens with one attached hydrogen (secondary N) is 2. The molecular weight excluding hydrogens is 652 g/mol. The lowest BCUT2D eigenvalue weighted by molar-refractivity contribution is -0.117. The van der Waals surface area contributed by atoms with Gasteiger partial charge in [-0.1, -0.05) is 35.9 Å². The first kappa shape index (κ1) is 30.2. The van der Waals surface area contributed by atoms with Crippen molar-refractivity contribution in [2.75, 3.05) is 25.1 Å². The quantitative estimate of drug-likeness (QED) is 0.132. The van der Waals surface area contributed by atoms with Crippen LogP contribution < -0.4 is 20.4 Å². The molecule has 3 aromatic carbocycles. The fraction of sp³-hybridized carbons (Fsp3) is 0.179. The van der Waals surface area contributed by atoms with Crippen molar-refractivity contribution >= 4 is 73.3 Å². The van der Waals surface area contributed by atoms with Crippen molar-refractivity contribution in [2.45, 2.75) is 13.8 Å². The van der Waals surface area contributed by atoms with E-state index in [1.165, 1.54) is 13.3 Å². The number of ether oxygens (including phenoxy) is 1. The maximum absolute atomic E-state index is 13.2. The van der Waals surface area contributed by atoms with E-state index in [-0.39, 0.29) is 33.3 Å². The molecule has 0 heterocycles. The van der Waals surface area contributed by atoms with E-state index in [1.54, 1.807) is 36.4 Å². The number of aromatic hydroxyl groups is 1. The first-order chi connectivity index (χ1) is 18.7. The Morgan fingerprint density at radius 2 is 1.77 bits per heavy atom. The van der Waals surface area contributed by atoms with E-state index in [9.17, 15) is 14.7 Å². The van der Waals surface area contributed by atoms with E-state index in [1.807, 2.05) is 24.3 Å². The van der Waals surface area contributed by atoms with Gasteiger partial charge in [-0.05, 0) is 87.7 Å². The molecule has 0 fully saturated rings. The first-order valence-corrected chi connectivity index (χ1v) is 13.9. The number of hydrogen-bond donors (Lipinski definition) is 3. The fourth-order valence-corrected chi connectivity index (χ4v) is 4.68. The number of amides is 2. The van der Waals surface area contributed by atoms with Gasteiger partial charge >= 0.3 is 0 Å². The molecule has 2 amide bonds. The number of benzene rings is 3. The monoisotopic (exact) mass is 676 g/mol. The Balaban J connectivity index is 1.91. The van der Waals surface area contributed by atoms with Crippen LogP contribution in [0.4, 0.5) is 5.69 Å². The van der Waals surface area contributed by atoms with E-state index in [4.69, 9.17) is 16.3 Å². The molecular formula is C28H27Br2ClN4O4. The number of rotatable bonds is 10. The second kappa shape index (κ2) is 14.2. The number of carbonyl (C=O) groups is 2. The largest absolute Gasteiger partial charge is 0.504 e. The van der Waals surface area contributed by atoms with Crippen LogP contribution in [0.2, 0.25) is 5.02 Å². The number of hydrazone groups is 1. The van der Waals surface area contributed by atoms with Crippen LogP contribution >= 0.6 is 43.5 Å². The lowest BCUT2D eigenvalue weighted by Crippen LogP contribution is -2.33. The summed E-state index contributed by atoms with van der Waals surface area (Å²) >= 11 is 12.9. The van der Waals surface area contributed by atoms with Crippen LogP contribution in [0.15, 0.2) is 74.3 Å². The number of anilines is 1. The number of nitrogens with zero attached hydrogens (tertiary/aromatic N) is 2. The molecule has 8 nitrogen and oxygen atoms in total. The van der Waals surface area contributed by atoms with Crippen molar-refractivity contribution in [3.8, 4) is 11.5 Å². The second-order valence-electron chi connectivity index (χ2n) is 8.09. The molecule has 39 heavy (non-hydrogen) atoms. The van der Waals surface area contributed by atoms with Crippen molar-refractivity contribution < 1.29 is 19.4 Å². The summed E-state index contributed by atoms with van der Waals surface area (Å²) in [5.41, 5.74) is 4.58. The van der Waals surface area contributed by atoms with Gasteiger partial charge in [0.1, 0.15) is 5.70 Å². The molecule has 0 bridgehead atoms. The highest BCUT2D eigenvalue weighted by Crippen LogP contribution is 2.39. The lowest BCUT2D eigenvalue weighted by atomic mass is 10.1. The Labute approximate surface area is 248 Å². The molecule has 0 aromatic heterocycles. The molecule has 0 unspecified atom stereocenters. The Kier molecular flexibility index (Phi) is 11.0. The summed E-state index contributed by atoms with van der Waals surface area (Å²) in [6.07, 6.45) is 2.80. The van der Waals surface area contributed by atoms with E-state index < -0.39 is 11.8 Å². The van der Waals surface area contributed by atoms with Gasteiger partial charge in [0.15, 0.2) is 11.5 Å². The van der Waals surface area contributed by atoms with Gasteiger partial charge in [0.05, 0.1) is 29.5 Å². The molecule has 0 spiro atoms. The molecule has 0 saturated heterocycles. The lowest BCUT2D eigenvalue weighted by Gasteiger charge is -2.21. The molecule has 0 saturated carbocycles. The number of carbonyl (C=O) groups excluding carboxylic acids is 2. The minimum absolute atomic E-state index is 0.0530. The maximum atomic E-state index is 13.2. The minimum atomic E-state index is -0.683. The normalized spacial score (nSPS) is 11.4. The summed E-state index contributed by atoms with van der Waals surface area (Å²) in [5, 5.41) is 17.3. The van der Waals surface area contributed by atoms with Crippen LogP contribution in [0.5, 0.6) is 11.5 Å². The van der Waals surface area contributed by atoms with Crippen LogP contribution in [0.3, 0.4) is 0 Å². The molecule has 3 rings (SSSR count). The van der Waals surface area contributed by atoms with Gasteiger partial charge in [-0.25, -0.2) is 5.43 Å². The number of hydrogen-bond acceptors (Lipinski definition) is 6. The smallest absolute Gasteiger partial charge is 0.287 e. The average molecular weight is 679 g/mol. The zero-order valence-electron chi connectivity index (χ0n) is 21.5. The molecule has 3 aromatic rings. The van der Waals surface area contributed by atoms with Gasteiger partial charge < -0.3 is 20.1 Å². The van der Waals surface area contributed by atoms with Gasteiger partial charge in [0.2, 0.25) is 0 Å². The SMILES string of the molecule is CCN(CC)c1ccc(/C=C(/NC(=O)c2ccccc2Cl)C(=O)N/N=C/c2c(O)c(OC)cc(Br)c2Br)cc1. The number of phenolic OH excluding ortho intramolecular Hbond substituents is 1. The van der Waals surface area contributed by atoms with E-state index in [0.717, 1.165) is 18.8 Å². The molecule has 204 valence electrons. The van der Waals surface area contributed by atoms with Gasteiger partial charge in [0, 0.05) is 27.7 Å². The maximum Gasteiger partial charge on any atom is 0.287 e. The third-order valence-corrected chi connectivity index (χ3v) is 8.06. The standard InChI is InChI=1S/C28H27Br2ClN4O4/c1-4-35(5-2)18-12-10-17(11-13-18)14-23(33-27(37)19-8-6-7-9-22(19)31)28(38)34-32-16-20-25(30)21(29)15-24(39-3)26(20)36/h6-16,36H,4-5H2,1-3H3,(H,33,37)(H,34,38)/b23-14+,32-16+. The predicted molar refractivity (Wildman–Crippen MR) is 163 cm³/mol. The minimum Gasteiger partial charge on any atom is -0.504 e. The Hall–Kier alpha value is -3.34. The van der Waals surface area contributed by atoms with Crippen molar-refractivity contribution in [1.29, 1.82) is 0 Å². The van der Waals surface area contributed by atoms with E-state index in [0.29, 0.717) is 14.5 Å². The highest BCUT2D eigenvalue weighted by atomic mass is 79.9. The Morgan fingerprint density at radius 1 is 1.10 bits per heavy atom. The summed E-state index contributed by atoms with van der Waals surface area (Å²) in [5.74, 6) is -1.18. The van der Waals surface area contributed by atoms with Gasteiger partial charge in [-0.3, -0.25) is 9.59 Å². The van der Waals surface area contributed by atoms with Crippen LogP contribution in [0.25, 0.3) is 6.08 Å². The fourth-order valence-electron chi connectivity index (χ4n) is 3.63. The van der Waals surface area contributed by atoms with Crippen molar-refractivity contribution in [3.05, 3.63) is 91.0 Å². The van der Waals surface area contributed by atoms with Gasteiger partial charge in [-0.2, -0.15) is 5.10 Å². The van der Waals surface area contributed by atoms with Gasteiger partial charge in [-0.15, -0.1) is 0 Å². The van der Waals surface area contributed by atoms with E-state index in [2.05, 4.69) is 66.5 Å². The molecule has 0 atom stereocenters. The van der Waals surface area contributed by atoms with Crippen LogP contribution in [-0.2, 0) is 4.79 Å². The van der Waals surface area contributed by atoms with Gasteiger partial charge in [0.25, 0.3) is 11.8 Å². The second-order valence-corrected chi connectivity index (χ2v) is 10.1. The molecule has 0 aliphatic rings. The summed E-state index contributed by atoms with van der Waals surface area (Å²) in [6, 6.07) is 15.7. The van der Waals surface area contributed by atoms with Crippen LogP contribution in [0.1, 0.15) is 35.3 Å². The predicted octanol–water partition coefficient (Wildman–Crippen LogP) is 6.35. The Bertz CT molecular complexity index is 1410. The summed E-state index contributed by atoms with van der Waals surface area (Å²) in [7, 11) is 1.42. The van der Waals surface area contributed by atoms with Crippen molar-refractivity contribution in [3.63, 3.8) is 0 Å². The summed E-state index contributed by atoms with van der Waals surface area (Å²) in [6.45, 7) is 5.88. The molecule has 0 aliphatic carbocycles. The average Bonchev–Trinajstić information content (AvgIpc) is 2.93. The highest BCUT2D eigenvalue weighted by molar-refractivity contribution is 9.13. The van der Waals surface area contributed by atoms with Crippen LogP contribution in [-0.4, -0.2) is 43.3 Å². The molecule has 11 heteroatoms. The zero-order valence-corrected chi connectivity index (χ0v) is 25.4. The Morgan fingerprint density at radius 3 is 2.38 bits per heavy atom. The first-order valence-electron chi connectivity index (χ1n) is 11.9. The van der Waals surface area contributed by atoms with Crippen molar-refractivity contribution in [1.82, 2.24) is 10.7 Å². The molecule has 3 N–H and O–H groups in total. The van der Waals surface area contributed by atoms with Crippen LogP contribution in [0, 0.1) is 0 Å². The summed E-state index contributed by atoms with van der Waals surface area (Å²) < 4.78 is 6.29. The third-order valence-electron chi connectivity index (χ3n) is 5.72. The molecule has 0 aliphatic heterocycles. The topological polar surface area (TPSA) is 103 Å². The number of halogens is 3. The number of phenols is 1. The number of methoxy groups -OCH3 is 1. The molecule has 0 radical (unpaired) electrons. The summed E-state index contributed by atoms with van der Waals surface area (Å²) in [4.78, 5) is 28.3. The third kappa shape index (κ3) is 7.62. The van der Waals surface area contributed by atoms with Crippen molar-refractivity contribution in [2.24, 2.45) is 5.10 Å². The zero-order chi connectivity index (χ0) is 28.5. The highest BCUT2D eigenvalue weighted by Gasteiger charge is 2.18.